The van der Waals surface area contributed by atoms with Crippen molar-refractivity contribution in [2.45, 2.75) is 26.8 Å². The minimum atomic E-state index is 0.237. The van der Waals surface area contributed by atoms with Crippen LogP contribution in [0.4, 0.5) is 0 Å². The molecule has 0 aliphatic carbocycles. The molecule has 78 valence electrons. The molecule has 0 fully saturated rings. The van der Waals surface area contributed by atoms with Crippen LogP contribution in [-0.4, -0.2) is 15.3 Å². The second-order valence-corrected chi connectivity index (χ2v) is 3.63. The van der Waals surface area contributed by atoms with Crippen molar-refractivity contribution >= 4 is 16.8 Å². The number of fused-ring (bicyclic) bond motifs is 1. The van der Waals surface area contributed by atoms with E-state index >= 15 is 0 Å². The van der Waals surface area contributed by atoms with Crippen molar-refractivity contribution < 1.29 is 4.79 Å². The standard InChI is InChI=1S/C12H14N2O/c1-3-10(15)8-14-9(2)13-11-6-4-5-7-12(11)14/h4-7H,3,8H2,1-2H3. The van der Waals surface area contributed by atoms with Crippen molar-refractivity contribution in [3.63, 3.8) is 0 Å². The van der Waals surface area contributed by atoms with Crippen molar-refractivity contribution in [3.05, 3.63) is 30.1 Å². The van der Waals surface area contributed by atoms with Crippen LogP contribution in [0.5, 0.6) is 0 Å². The number of para-hydroxylation sites is 2. The normalized spacial score (nSPS) is 10.8. The predicted octanol–water partition coefficient (Wildman–Crippen LogP) is 2.32. The molecule has 2 rings (SSSR count). The molecular formula is C12H14N2O. The number of imidazole rings is 1. The molecule has 0 atom stereocenters. The molecule has 15 heavy (non-hydrogen) atoms. The highest BCUT2D eigenvalue weighted by Gasteiger charge is 2.08. The van der Waals surface area contributed by atoms with E-state index in [0.29, 0.717) is 13.0 Å². The van der Waals surface area contributed by atoms with Crippen molar-refractivity contribution in [2.24, 2.45) is 0 Å². The van der Waals surface area contributed by atoms with Gasteiger partial charge in [0.15, 0.2) is 5.78 Å². The molecule has 2 aromatic rings. The highest BCUT2D eigenvalue weighted by atomic mass is 16.1. The van der Waals surface area contributed by atoms with Gasteiger partial charge in [-0.3, -0.25) is 4.79 Å². The lowest BCUT2D eigenvalue weighted by Gasteiger charge is -2.04. The van der Waals surface area contributed by atoms with Gasteiger partial charge in [-0.15, -0.1) is 0 Å². The molecule has 1 heterocycles. The molecular weight excluding hydrogens is 188 g/mol. The van der Waals surface area contributed by atoms with E-state index in [1.807, 2.05) is 42.7 Å². The minimum absolute atomic E-state index is 0.237. The molecule has 1 aromatic heterocycles. The fourth-order valence-electron chi connectivity index (χ4n) is 1.68. The lowest BCUT2D eigenvalue weighted by Crippen LogP contribution is -2.09. The first-order valence-electron chi connectivity index (χ1n) is 5.16. The predicted molar refractivity (Wildman–Crippen MR) is 59.8 cm³/mol. The molecule has 3 nitrogen and oxygen atoms in total. The van der Waals surface area contributed by atoms with E-state index in [4.69, 9.17) is 0 Å². The van der Waals surface area contributed by atoms with E-state index < -0.39 is 0 Å². The molecule has 0 bridgehead atoms. The van der Waals surface area contributed by atoms with Gasteiger partial charge in [0.1, 0.15) is 5.82 Å². The first kappa shape index (κ1) is 9.90. The summed E-state index contributed by atoms with van der Waals surface area (Å²) < 4.78 is 1.97. The summed E-state index contributed by atoms with van der Waals surface area (Å²) in [6, 6.07) is 7.89. The van der Waals surface area contributed by atoms with E-state index in [0.717, 1.165) is 16.9 Å². The van der Waals surface area contributed by atoms with Gasteiger partial charge in [0.2, 0.25) is 0 Å². The van der Waals surface area contributed by atoms with Gasteiger partial charge in [0.25, 0.3) is 0 Å². The van der Waals surface area contributed by atoms with Gasteiger partial charge in [-0.05, 0) is 19.1 Å². The molecule has 1 aromatic carbocycles. The summed E-state index contributed by atoms with van der Waals surface area (Å²) in [5.41, 5.74) is 2.00. The number of aryl methyl sites for hydroxylation is 1. The number of rotatable bonds is 3. The molecule has 0 saturated heterocycles. The first-order valence-corrected chi connectivity index (χ1v) is 5.16. The highest BCUT2D eigenvalue weighted by molar-refractivity contribution is 5.82. The fraction of sp³-hybridized carbons (Fsp3) is 0.333. The number of aromatic nitrogens is 2. The summed E-state index contributed by atoms with van der Waals surface area (Å²) in [6.07, 6.45) is 0.575. The Bertz CT molecular complexity index is 499. The number of Topliss-reactive ketones (excluding diaryl/α,β-unsaturated/α-hetero) is 1. The van der Waals surface area contributed by atoms with Crippen LogP contribution in [0.3, 0.4) is 0 Å². The van der Waals surface area contributed by atoms with Crippen molar-refractivity contribution in [1.29, 1.82) is 0 Å². The Labute approximate surface area is 88.7 Å². The third-order valence-corrected chi connectivity index (χ3v) is 2.57. The number of nitrogens with zero attached hydrogens (tertiary/aromatic N) is 2. The van der Waals surface area contributed by atoms with Gasteiger partial charge in [-0.2, -0.15) is 0 Å². The fourth-order valence-corrected chi connectivity index (χ4v) is 1.68. The average molecular weight is 202 g/mol. The van der Waals surface area contributed by atoms with Crippen LogP contribution in [0.25, 0.3) is 11.0 Å². The number of hydrogen-bond acceptors (Lipinski definition) is 2. The Hall–Kier alpha value is -1.64. The summed E-state index contributed by atoms with van der Waals surface area (Å²) in [6.45, 7) is 4.25. The van der Waals surface area contributed by atoms with E-state index in [2.05, 4.69) is 4.98 Å². The topological polar surface area (TPSA) is 34.9 Å². The van der Waals surface area contributed by atoms with Crippen LogP contribution >= 0.6 is 0 Å². The van der Waals surface area contributed by atoms with Crippen LogP contribution in [0, 0.1) is 6.92 Å². The lowest BCUT2D eigenvalue weighted by atomic mass is 10.3. The van der Waals surface area contributed by atoms with E-state index in [1.54, 1.807) is 0 Å². The molecule has 0 aliphatic heterocycles. The Morgan fingerprint density at radius 3 is 2.87 bits per heavy atom. The molecule has 0 aliphatic rings. The van der Waals surface area contributed by atoms with Gasteiger partial charge < -0.3 is 4.57 Å². The summed E-state index contributed by atoms with van der Waals surface area (Å²) in [4.78, 5) is 15.8. The van der Waals surface area contributed by atoms with Crippen LogP contribution < -0.4 is 0 Å². The molecule has 0 spiro atoms. The largest absolute Gasteiger partial charge is 0.321 e. The van der Waals surface area contributed by atoms with Gasteiger partial charge in [0.05, 0.1) is 17.6 Å². The number of ketones is 1. The van der Waals surface area contributed by atoms with E-state index in [1.165, 1.54) is 0 Å². The first-order chi connectivity index (χ1) is 7.22. The molecule has 0 amide bonds. The molecule has 0 radical (unpaired) electrons. The molecule has 0 unspecified atom stereocenters. The van der Waals surface area contributed by atoms with Gasteiger partial charge >= 0.3 is 0 Å². The van der Waals surface area contributed by atoms with E-state index in [-0.39, 0.29) is 5.78 Å². The summed E-state index contributed by atoms with van der Waals surface area (Å²) in [5.74, 6) is 1.14. The maximum Gasteiger partial charge on any atom is 0.152 e. The van der Waals surface area contributed by atoms with E-state index in [9.17, 15) is 4.79 Å². The SMILES string of the molecule is CCC(=O)Cn1c(C)nc2ccccc21. The summed E-state index contributed by atoms with van der Waals surface area (Å²) in [7, 11) is 0. The zero-order valence-electron chi connectivity index (χ0n) is 9.03. The Morgan fingerprint density at radius 1 is 1.40 bits per heavy atom. The van der Waals surface area contributed by atoms with Gasteiger partial charge in [0, 0.05) is 6.42 Å². The molecule has 0 N–H and O–H groups in total. The zero-order chi connectivity index (χ0) is 10.8. The van der Waals surface area contributed by atoms with Gasteiger partial charge in [-0.1, -0.05) is 19.1 Å². The average Bonchev–Trinajstić information content (AvgIpc) is 2.55. The van der Waals surface area contributed by atoms with Gasteiger partial charge in [-0.25, -0.2) is 4.98 Å². The number of benzene rings is 1. The number of carbonyl (C=O) groups is 1. The maximum atomic E-state index is 11.4. The van der Waals surface area contributed by atoms with Crippen molar-refractivity contribution in [2.75, 3.05) is 0 Å². The zero-order valence-corrected chi connectivity index (χ0v) is 9.03. The maximum absolute atomic E-state index is 11.4. The summed E-state index contributed by atoms with van der Waals surface area (Å²) in [5, 5.41) is 0. The van der Waals surface area contributed by atoms with Crippen LogP contribution in [0.15, 0.2) is 24.3 Å². The Kier molecular flexibility index (Phi) is 2.54. The molecule has 0 saturated carbocycles. The third-order valence-electron chi connectivity index (χ3n) is 2.57. The quantitative estimate of drug-likeness (QED) is 0.765. The smallest absolute Gasteiger partial charge is 0.152 e. The van der Waals surface area contributed by atoms with Crippen LogP contribution in [-0.2, 0) is 11.3 Å². The molecule has 3 heteroatoms. The summed E-state index contributed by atoms with van der Waals surface area (Å²) >= 11 is 0. The second-order valence-electron chi connectivity index (χ2n) is 3.63. The Morgan fingerprint density at radius 2 is 2.13 bits per heavy atom. The highest BCUT2D eigenvalue weighted by Crippen LogP contribution is 2.15. The van der Waals surface area contributed by atoms with Crippen LogP contribution in [0.1, 0.15) is 19.2 Å². The monoisotopic (exact) mass is 202 g/mol. The van der Waals surface area contributed by atoms with Crippen molar-refractivity contribution in [3.8, 4) is 0 Å². The number of hydrogen-bond donors (Lipinski definition) is 0. The number of carbonyl (C=O) groups excluding carboxylic acids is 1. The van der Waals surface area contributed by atoms with Crippen LogP contribution in [0.2, 0.25) is 0 Å². The lowest BCUT2D eigenvalue weighted by molar-refractivity contribution is -0.119. The van der Waals surface area contributed by atoms with Crippen molar-refractivity contribution in [1.82, 2.24) is 9.55 Å². The Balaban J connectivity index is 2.49. The minimum Gasteiger partial charge on any atom is -0.321 e. The third kappa shape index (κ3) is 1.77. The second kappa shape index (κ2) is 3.85.